The van der Waals surface area contributed by atoms with Crippen LogP contribution < -0.4 is 0 Å². The van der Waals surface area contributed by atoms with E-state index in [1.165, 1.54) is 0 Å². The predicted octanol–water partition coefficient (Wildman–Crippen LogP) is 2.65. The number of carbonyl (C=O) groups excluding carboxylic acids is 1. The summed E-state index contributed by atoms with van der Waals surface area (Å²) in [7, 11) is 3.59. The van der Waals surface area contributed by atoms with Gasteiger partial charge in [0.1, 0.15) is 5.69 Å². The Hall–Kier alpha value is -1.81. The summed E-state index contributed by atoms with van der Waals surface area (Å²) in [6, 6.07) is 5.56. The molecule has 0 aliphatic carbocycles. The van der Waals surface area contributed by atoms with E-state index >= 15 is 0 Å². The zero-order valence-electron chi connectivity index (χ0n) is 11.2. The van der Waals surface area contributed by atoms with E-state index in [1.54, 1.807) is 35.0 Å². The van der Waals surface area contributed by atoms with E-state index in [9.17, 15) is 4.79 Å². The lowest BCUT2D eigenvalue weighted by Crippen LogP contribution is -2.27. The van der Waals surface area contributed by atoms with Crippen LogP contribution in [0.2, 0.25) is 5.02 Å². The van der Waals surface area contributed by atoms with E-state index in [0.29, 0.717) is 17.3 Å². The van der Waals surface area contributed by atoms with Crippen LogP contribution in [0.3, 0.4) is 0 Å². The number of hydrogen-bond acceptors (Lipinski definition) is 2. The molecule has 0 bridgehead atoms. The first-order chi connectivity index (χ1) is 8.97. The second-order valence-electron chi connectivity index (χ2n) is 4.62. The van der Waals surface area contributed by atoms with E-state index < -0.39 is 0 Å². The van der Waals surface area contributed by atoms with Crippen LogP contribution in [0, 0.1) is 6.92 Å². The monoisotopic (exact) mass is 277 g/mol. The number of rotatable bonds is 3. The topological polar surface area (TPSA) is 38.1 Å². The van der Waals surface area contributed by atoms with Gasteiger partial charge < -0.3 is 9.47 Å². The molecule has 0 unspecified atom stereocenters. The Morgan fingerprint density at radius 1 is 1.47 bits per heavy atom. The van der Waals surface area contributed by atoms with Crippen molar-refractivity contribution < 1.29 is 4.79 Å². The molecule has 2 aromatic heterocycles. The highest BCUT2D eigenvalue weighted by atomic mass is 35.5. The molecule has 5 heteroatoms. The van der Waals surface area contributed by atoms with Gasteiger partial charge in [0.25, 0.3) is 5.91 Å². The Labute approximate surface area is 117 Å². The Balaban J connectivity index is 2.14. The van der Waals surface area contributed by atoms with E-state index in [-0.39, 0.29) is 5.91 Å². The second kappa shape index (κ2) is 5.45. The number of aromatic nitrogens is 2. The Kier molecular flexibility index (Phi) is 3.90. The maximum absolute atomic E-state index is 12.3. The highest BCUT2D eigenvalue weighted by molar-refractivity contribution is 6.31. The van der Waals surface area contributed by atoms with Crippen LogP contribution in [0.15, 0.2) is 30.6 Å². The highest BCUT2D eigenvalue weighted by Crippen LogP contribution is 2.15. The molecule has 2 rings (SSSR count). The van der Waals surface area contributed by atoms with Gasteiger partial charge in [-0.05, 0) is 30.7 Å². The molecule has 0 saturated heterocycles. The minimum Gasteiger partial charge on any atom is -0.345 e. The highest BCUT2D eigenvalue weighted by Gasteiger charge is 2.16. The first-order valence-electron chi connectivity index (χ1n) is 5.96. The fraction of sp³-hybridized carbons (Fsp3) is 0.286. The van der Waals surface area contributed by atoms with Gasteiger partial charge in [-0.2, -0.15) is 0 Å². The fourth-order valence-electron chi connectivity index (χ4n) is 1.98. The molecule has 4 nitrogen and oxygen atoms in total. The summed E-state index contributed by atoms with van der Waals surface area (Å²) in [5.41, 5.74) is 2.59. The molecule has 0 radical (unpaired) electrons. The van der Waals surface area contributed by atoms with Gasteiger partial charge in [0.05, 0.1) is 5.02 Å². The van der Waals surface area contributed by atoms with Crippen LogP contribution in [0.1, 0.15) is 21.7 Å². The zero-order valence-corrected chi connectivity index (χ0v) is 12.0. The van der Waals surface area contributed by atoms with Crippen molar-refractivity contribution >= 4 is 17.5 Å². The number of nitrogens with zero attached hydrogens (tertiary/aromatic N) is 3. The molecule has 0 aliphatic rings. The molecule has 0 aromatic carbocycles. The molecule has 100 valence electrons. The van der Waals surface area contributed by atoms with Gasteiger partial charge in [-0.15, -0.1) is 0 Å². The zero-order chi connectivity index (χ0) is 14.0. The Morgan fingerprint density at radius 3 is 2.79 bits per heavy atom. The van der Waals surface area contributed by atoms with E-state index in [4.69, 9.17) is 11.6 Å². The van der Waals surface area contributed by atoms with Gasteiger partial charge in [0.15, 0.2) is 0 Å². The van der Waals surface area contributed by atoms with Crippen molar-refractivity contribution in [3.63, 3.8) is 0 Å². The molecule has 1 amide bonds. The molecule has 2 heterocycles. The lowest BCUT2D eigenvalue weighted by atomic mass is 10.2. The largest absolute Gasteiger partial charge is 0.345 e. The molecule has 2 aromatic rings. The Bertz CT molecular complexity index is 606. The van der Waals surface area contributed by atoms with Gasteiger partial charge in [-0.3, -0.25) is 9.78 Å². The van der Waals surface area contributed by atoms with Crippen LogP contribution in [0.25, 0.3) is 0 Å². The van der Waals surface area contributed by atoms with Gasteiger partial charge in [-0.1, -0.05) is 11.6 Å². The maximum atomic E-state index is 12.3. The number of hydrogen-bond donors (Lipinski definition) is 0. The summed E-state index contributed by atoms with van der Waals surface area (Å²) in [4.78, 5) is 18.1. The first-order valence-corrected chi connectivity index (χ1v) is 6.34. The molecule has 0 fully saturated rings. The van der Waals surface area contributed by atoms with Gasteiger partial charge >= 0.3 is 0 Å². The minimum absolute atomic E-state index is 0.0520. The predicted molar refractivity (Wildman–Crippen MR) is 75.2 cm³/mol. The summed E-state index contributed by atoms with van der Waals surface area (Å²) in [5, 5.41) is 0.569. The molecular formula is C14H16ClN3O. The third kappa shape index (κ3) is 3.15. The average Bonchev–Trinajstić information content (AvgIpc) is 2.67. The molecule has 0 aliphatic heterocycles. The molecule has 19 heavy (non-hydrogen) atoms. The van der Waals surface area contributed by atoms with Crippen LogP contribution in [-0.4, -0.2) is 27.4 Å². The maximum Gasteiger partial charge on any atom is 0.270 e. The van der Waals surface area contributed by atoms with Crippen LogP contribution in [0.4, 0.5) is 0 Å². The molecule has 0 saturated carbocycles. The molecule has 0 N–H and O–H groups in total. The third-order valence-corrected chi connectivity index (χ3v) is 3.12. The van der Waals surface area contributed by atoms with Crippen LogP contribution in [-0.2, 0) is 13.6 Å². The quantitative estimate of drug-likeness (QED) is 0.865. The van der Waals surface area contributed by atoms with Crippen molar-refractivity contribution in [2.45, 2.75) is 13.5 Å². The van der Waals surface area contributed by atoms with E-state index in [0.717, 1.165) is 11.3 Å². The van der Waals surface area contributed by atoms with E-state index in [1.807, 2.05) is 26.1 Å². The van der Waals surface area contributed by atoms with Crippen molar-refractivity contribution in [2.75, 3.05) is 7.05 Å². The van der Waals surface area contributed by atoms with Crippen molar-refractivity contribution in [1.29, 1.82) is 0 Å². The summed E-state index contributed by atoms with van der Waals surface area (Å²) < 4.78 is 1.74. The lowest BCUT2D eigenvalue weighted by molar-refractivity contribution is 0.0775. The standard InChI is InChI=1S/C14H16ClN3O/c1-10-6-11(4-5-16-10)8-18(3)14(19)13-7-12(15)9-17(13)2/h4-7,9H,8H2,1-3H3. The molecular weight excluding hydrogens is 262 g/mol. The first kappa shape index (κ1) is 13.6. The summed E-state index contributed by atoms with van der Waals surface area (Å²) in [6.07, 6.45) is 3.47. The number of amides is 1. The number of carbonyl (C=O) groups is 1. The van der Waals surface area contributed by atoms with Gasteiger partial charge in [0, 0.05) is 38.7 Å². The molecule has 0 atom stereocenters. The summed E-state index contributed by atoms with van der Waals surface area (Å²) in [5.74, 6) is -0.0520. The smallest absolute Gasteiger partial charge is 0.270 e. The normalized spacial score (nSPS) is 10.5. The number of aryl methyl sites for hydroxylation is 2. The Morgan fingerprint density at radius 2 is 2.21 bits per heavy atom. The SMILES string of the molecule is Cc1cc(CN(C)C(=O)c2cc(Cl)cn2C)ccn1. The lowest BCUT2D eigenvalue weighted by Gasteiger charge is -2.17. The summed E-state index contributed by atoms with van der Waals surface area (Å²) in [6.45, 7) is 2.48. The van der Waals surface area contributed by atoms with Gasteiger partial charge in [-0.25, -0.2) is 0 Å². The number of pyridine rings is 1. The van der Waals surface area contributed by atoms with Crippen molar-refractivity contribution in [1.82, 2.24) is 14.5 Å². The minimum atomic E-state index is -0.0520. The third-order valence-electron chi connectivity index (χ3n) is 2.92. The number of halogens is 1. The van der Waals surface area contributed by atoms with Crippen molar-refractivity contribution in [3.8, 4) is 0 Å². The van der Waals surface area contributed by atoms with Gasteiger partial charge in [0.2, 0.25) is 0 Å². The summed E-state index contributed by atoms with van der Waals surface area (Å²) >= 11 is 5.90. The van der Waals surface area contributed by atoms with E-state index in [2.05, 4.69) is 4.98 Å². The average molecular weight is 278 g/mol. The van der Waals surface area contributed by atoms with Crippen LogP contribution >= 0.6 is 11.6 Å². The van der Waals surface area contributed by atoms with Crippen molar-refractivity contribution in [3.05, 3.63) is 52.6 Å². The second-order valence-corrected chi connectivity index (χ2v) is 5.06. The molecule has 0 spiro atoms. The van der Waals surface area contributed by atoms with Crippen molar-refractivity contribution in [2.24, 2.45) is 7.05 Å². The van der Waals surface area contributed by atoms with Crippen LogP contribution in [0.5, 0.6) is 0 Å². The fourth-order valence-corrected chi connectivity index (χ4v) is 2.23.